The minimum absolute atomic E-state index is 0.333. The second kappa shape index (κ2) is 9.22. The molecule has 0 rings (SSSR count). The van der Waals surface area contributed by atoms with Crippen molar-refractivity contribution in [3.05, 3.63) is 0 Å². The molecule has 6 heteroatoms. The van der Waals surface area contributed by atoms with Crippen LogP contribution < -0.4 is 0 Å². The van der Waals surface area contributed by atoms with E-state index in [0.29, 0.717) is 11.5 Å². The van der Waals surface area contributed by atoms with E-state index in [1.807, 2.05) is 0 Å². The van der Waals surface area contributed by atoms with Crippen LogP contribution in [0.15, 0.2) is 0 Å². The Kier molecular flexibility index (Phi) is 11.9. The van der Waals surface area contributed by atoms with Gasteiger partial charge in [0.15, 0.2) is 22.2 Å². The minimum atomic E-state index is -1.57. The van der Waals surface area contributed by atoms with Crippen molar-refractivity contribution in [1.29, 1.82) is 0 Å². The Morgan fingerprint density at radius 3 is 1.10 bits per heavy atom. The molecule has 0 aliphatic carbocycles. The van der Waals surface area contributed by atoms with E-state index in [4.69, 9.17) is 9.11 Å². The van der Waals surface area contributed by atoms with Crippen LogP contribution >= 0.6 is 0 Å². The van der Waals surface area contributed by atoms with E-state index in [1.165, 1.54) is 0 Å². The lowest BCUT2D eigenvalue weighted by Gasteiger charge is -1.73. The van der Waals surface area contributed by atoms with Gasteiger partial charge in [0.1, 0.15) is 0 Å². The molecule has 0 bridgehead atoms. The number of hydrogen-bond acceptors (Lipinski definition) is 2. The topological polar surface area (TPSA) is 74.6 Å². The van der Waals surface area contributed by atoms with Crippen LogP contribution in [0.1, 0.15) is 13.8 Å². The molecule has 64 valence electrons. The summed E-state index contributed by atoms with van der Waals surface area (Å²) in [6.45, 7) is 3.30. The second-order valence-corrected chi connectivity index (χ2v) is 3.66. The Morgan fingerprint density at radius 2 is 1.10 bits per heavy atom. The molecule has 0 aromatic carbocycles. The quantitative estimate of drug-likeness (QED) is 0.617. The molecule has 10 heavy (non-hydrogen) atoms. The lowest BCUT2D eigenvalue weighted by atomic mass is 11.0. The molecule has 2 atom stereocenters. The first-order valence-corrected chi connectivity index (χ1v) is 5.24. The van der Waals surface area contributed by atoms with Gasteiger partial charge < -0.3 is 9.11 Å². The molecule has 0 radical (unpaired) electrons. The monoisotopic (exact) mass is 188 g/mol. The highest BCUT2D eigenvalue weighted by Gasteiger charge is 1.76. The van der Waals surface area contributed by atoms with Gasteiger partial charge in [-0.1, -0.05) is 13.8 Å². The van der Waals surface area contributed by atoms with E-state index in [9.17, 15) is 8.42 Å². The summed E-state index contributed by atoms with van der Waals surface area (Å²) in [5.41, 5.74) is 0. The zero-order valence-electron chi connectivity index (χ0n) is 5.94. The van der Waals surface area contributed by atoms with Crippen LogP contribution in [0.3, 0.4) is 0 Å². The molecule has 0 amide bonds. The third kappa shape index (κ3) is 24.1. The average molecular weight is 188 g/mol. The first-order valence-electron chi connectivity index (χ1n) is 2.69. The Bertz CT molecular complexity index is 99.8. The van der Waals surface area contributed by atoms with Crippen molar-refractivity contribution in [3.8, 4) is 0 Å². The molecule has 2 unspecified atom stereocenters. The van der Waals surface area contributed by atoms with Gasteiger partial charge in [-0.3, -0.25) is 0 Å². The largest absolute Gasteiger partial charge is 0.306 e. The van der Waals surface area contributed by atoms with E-state index < -0.39 is 22.2 Å². The van der Waals surface area contributed by atoms with Crippen molar-refractivity contribution in [2.45, 2.75) is 13.8 Å². The van der Waals surface area contributed by atoms with Crippen LogP contribution in [0.5, 0.6) is 0 Å². The predicted molar refractivity (Wildman–Crippen MR) is 42.6 cm³/mol. The molecule has 0 saturated carbocycles. The van der Waals surface area contributed by atoms with Crippen molar-refractivity contribution in [2.24, 2.45) is 0 Å². The summed E-state index contributed by atoms with van der Waals surface area (Å²) in [6.07, 6.45) is 0. The zero-order valence-corrected chi connectivity index (χ0v) is 7.57. The molecule has 0 heterocycles. The number of rotatable bonds is 2. The summed E-state index contributed by atoms with van der Waals surface area (Å²) in [5.74, 6) is 0.667. The molecular formula is C4H12O4S2. The summed E-state index contributed by atoms with van der Waals surface area (Å²) in [7, 11) is 0. The fraction of sp³-hybridized carbons (Fsp3) is 1.00. The highest BCUT2D eigenvalue weighted by Crippen LogP contribution is 1.64. The molecule has 0 aromatic heterocycles. The second-order valence-electron chi connectivity index (χ2n) is 1.22. The average Bonchev–Trinajstić information content (AvgIpc) is 1.89. The van der Waals surface area contributed by atoms with Gasteiger partial charge in [-0.25, -0.2) is 8.42 Å². The molecule has 0 saturated heterocycles. The highest BCUT2D eigenvalue weighted by atomic mass is 32.2. The van der Waals surface area contributed by atoms with Gasteiger partial charge in [0, 0.05) is 11.5 Å². The molecule has 2 N–H and O–H groups in total. The van der Waals surface area contributed by atoms with Gasteiger partial charge in [-0.05, 0) is 0 Å². The SMILES string of the molecule is CCS(=O)O.CCS(=O)O. The standard InChI is InChI=1S/2C2H6O2S/c2*1-2-5(3)4/h2*2H2,1H3,(H,3,4). The van der Waals surface area contributed by atoms with Gasteiger partial charge in [-0.15, -0.1) is 0 Å². The predicted octanol–water partition coefficient (Wildman–Crippen LogP) is 0.456. The van der Waals surface area contributed by atoms with Crippen LogP contribution in [0.25, 0.3) is 0 Å². The van der Waals surface area contributed by atoms with Crippen molar-refractivity contribution in [1.82, 2.24) is 0 Å². The van der Waals surface area contributed by atoms with Crippen LogP contribution in [0.2, 0.25) is 0 Å². The first kappa shape index (κ1) is 12.9. The minimum Gasteiger partial charge on any atom is -0.306 e. The van der Waals surface area contributed by atoms with E-state index in [2.05, 4.69) is 0 Å². The van der Waals surface area contributed by atoms with Gasteiger partial charge in [0.25, 0.3) is 0 Å². The van der Waals surface area contributed by atoms with Crippen molar-refractivity contribution < 1.29 is 17.5 Å². The third-order valence-corrected chi connectivity index (χ3v) is 1.48. The summed E-state index contributed by atoms with van der Waals surface area (Å²) >= 11 is -3.15. The molecule has 4 nitrogen and oxygen atoms in total. The van der Waals surface area contributed by atoms with Crippen LogP contribution in [0.4, 0.5) is 0 Å². The normalized spacial score (nSPS) is 14.8. The van der Waals surface area contributed by atoms with E-state index in [0.717, 1.165) is 0 Å². The van der Waals surface area contributed by atoms with E-state index in [1.54, 1.807) is 13.8 Å². The molecule has 0 fully saturated rings. The van der Waals surface area contributed by atoms with Crippen LogP contribution in [-0.4, -0.2) is 29.0 Å². The fourth-order valence-electron chi connectivity index (χ4n) is 0. The smallest absolute Gasteiger partial charge is 0.152 e. The lowest BCUT2D eigenvalue weighted by Crippen LogP contribution is -1.85. The highest BCUT2D eigenvalue weighted by molar-refractivity contribution is 7.79. The zero-order chi connectivity index (χ0) is 8.57. The Labute approximate surface area is 65.6 Å². The summed E-state index contributed by atoms with van der Waals surface area (Å²) in [5, 5.41) is 0. The van der Waals surface area contributed by atoms with Crippen molar-refractivity contribution in [3.63, 3.8) is 0 Å². The third-order valence-electron chi connectivity index (χ3n) is 0.494. The Hall–Kier alpha value is 0.220. The first-order chi connectivity index (χ1) is 4.54. The van der Waals surface area contributed by atoms with Gasteiger partial charge in [-0.2, -0.15) is 0 Å². The van der Waals surface area contributed by atoms with Gasteiger partial charge in [0.2, 0.25) is 0 Å². The lowest BCUT2D eigenvalue weighted by molar-refractivity contribution is 0.564. The van der Waals surface area contributed by atoms with Crippen LogP contribution in [-0.2, 0) is 22.2 Å². The Morgan fingerprint density at radius 1 is 1.00 bits per heavy atom. The van der Waals surface area contributed by atoms with Crippen molar-refractivity contribution in [2.75, 3.05) is 11.5 Å². The maximum atomic E-state index is 9.48. The summed E-state index contributed by atoms with van der Waals surface area (Å²) in [4.78, 5) is 0. The van der Waals surface area contributed by atoms with Crippen LogP contribution in [0, 0.1) is 0 Å². The Balaban J connectivity index is 0. The maximum absolute atomic E-state index is 9.48. The molecule has 0 aliphatic heterocycles. The molecule has 0 spiro atoms. The molecular weight excluding hydrogens is 176 g/mol. The van der Waals surface area contributed by atoms with Gasteiger partial charge in [0.05, 0.1) is 0 Å². The fourth-order valence-corrected chi connectivity index (χ4v) is 0. The molecule has 0 aromatic rings. The summed E-state index contributed by atoms with van der Waals surface area (Å²) < 4.78 is 34.6. The van der Waals surface area contributed by atoms with E-state index in [-0.39, 0.29) is 0 Å². The summed E-state index contributed by atoms with van der Waals surface area (Å²) in [6, 6.07) is 0. The van der Waals surface area contributed by atoms with Gasteiger partial charge >= 0.3 is 0 Å². The maximum Gasteiger partial charge on any atom is 0.152 e. The molecule has 0 aliphatic rings. The number of hydrogen-bond donors (Lipinski definition) is 2. The van der Waals surface area contributed by atoms with E-state index >= 15 is 0 Å². The van der Waals surface area contributed by atoms with Crippen molar-refractivity contribution >= 4 is 22.2 Å².